The van der Waals surface area contributed by atoms with Crippen molar-refractivity contribution >= 4 is 21.6 Å². The van der Waals surface area contributed by atoms with E-state index < -0.39 is 0 Å². The Labute approximate surface area is 91.7 Å². The average Bonchev–Trinajstić information content (AvgIpc) is 2.06. The Morgan fingerprint density at radius 3 is 1.85 bits per heavy atom. The molecule has 5 heteroatoms. The zero-order chi connectivity index (χ0) is 8.95. The molecule has 0 fully saturated rings. The fourth-order valence-electron chi connectivity index (χ4n) is 0.190. The van der Waals surface area contributed by atoms with E-state index >= 15 is 0 Å². The molecule has 4 N–H and O–H groups in total. The van der Waals surface area contributed by atoms with Gasteiger partial charge in [0.2, 0.25) is 0 Å². The van der Waals surface area contributed by atoms with Gasteiger partial charge >= 0.3 is 0 Å². The topological polar surface area (TPSA) is 61.3 Å². The van der Waals surface area contributed by atoms with E-state index in [-0.39, 0.29) is 14.9 Å². The summed E-state index contributed by atoms with van der Waals surface area (Å²) in [6.07, 6.45) is 0. The molecule has 0 spiro atoms. The standard InChI is InChI=1S/C4H11NS2.C2H7NO.2CH4/c1-2-6-7-4-3-5;1-2-4-3;;/h2-5H2,1H3;2-3H2,1H3;2*1H4. The predicted molar refractivity (Wildman–Crippen MR) is 68.9 cm³/mol. The number of rotatable bonds is 5. The molecule has 0 radical (unpaired) electrons. The van der Waals surface area contributed by atoms with Crippen molar-refractivity contribution in [2.75, 3.05) is 24.7 Å². The van der Waals surface area contributed by atoms with Gasteiger partial charge in [-0.2, -0.15) is 0 Å². The predicted octanol–water partition coefficient (Wildman–Crippen LogP) is 2.52. The Kier molecular flexibility index (Phi) is 52.9. The Morgan fingerprint density at radius 1 is 1.15 bits per heavy atom. The van der Waals surface area contributed by atoms with Crippen molar-refractivity contribution in [3.8, 4) is 0 Å². The van der Waals surface area contributed by atoms with Gasteiger partial charge in [-0.25, -0.2) is 5.90 Å². The van der Waals surface area contributed by atoms with Gasteiger partial charge in [0.1, 0.15) is 0 Å². The first kappa shape index (κ1) is 23.4. The van der Waals surface area contributed by atoms with E-state index in [1.165, 1.54) is 5.75 Å². The van der Waals surface area contributed by atoms with Gasteiger partial charge in [0.05, 0.1) is 6.61 Å². The maximum absolute atomic E-state index is 5.24. The molecule has 0 bridgehead atoms. The van der Waals surface area contributed by atoms with Crippen molar-refractivity contribution in [1.82, 2.24) is 0 Å². The molecule has 0 aliphatic carbocycles. The van der Waals surface area contributed by atoms with Crippen LogP contribution in [-0.2, 0) is 4.84 Å². The van der Waals surface area contributed by atoms with Gasteiger partial charge < -0.3 is 10.6 Å². The molecule has 0 saturated heterocycles. The van der Waals surface area contributed by atoms with Crippen molar-refractivity contribution in [3.63, 3.8) is 0 Å². The molecule has 0 amide bonds. The SMILES string of the molecule is C.C.CCON.CCSSCCN. The molecular formula is C8H26N2OS2. The van der Waals surface area contributed by atoms with Crippen LogP contribution >= 0.6 is 21.6 Å². The van der Waals surface area contributed by atoms with Crippen LogP contribution in [0.25, 0.3) is 0 Å². The lowest BCUT2D eigenvalue weighted by Gasteiger charge is -1.90. The highest BCUT2D eigenvalue weighted by Gasteiger charge is 1.80. The Hall–Kier alpha value is 0.580. The largest absolute Gasteiger partial charge is 0.330 e. The summed E-state index contributed by atoms with van der Waals surface area (Å²) in [6.45, 7) is 5.38. The second kappa shape index (κ2) is 29.4. The third-order valence-electron chi connectivity index (χ3n) is 0.569. The lowest BCUT2D eigenvalue weighted by atomic mass is 10.8. The van der Waals surface area contributed by atoms with Gasteiger partial charge in [-0.05, 0) is 6.92 Å². The summed E-state index contributed by atoms with van der Waals surface area (Å²) in [7, 11) is 3.71. The van der Waals surface area contributed by atoms with E-state index in [1.54, 1.807) is 0 Å². The van der Waals surface area contributed by atoms with Gasteiger partial charge in [0.15, 0.2) is 0 Å². The lowest BCUT2D eigenvalue weighted by Crippen LogP contribution is -1.99. The van der Waals surface area contributed by atoms with E-state index in [2.05, 4.69) is 17.7 Å². The zero-order valence-electron chi connectivity index (χ0n) is 7.21. The quantitative estimate of drug-likeness (QED) is 0.432. The first-order chi connectivity index (χ1) is 5.33. The minimum atomic E-state index is 0. The highest BCUT2D eigenvalue weighted by Crippen LogP contribution is 2.18. The summed E-state index contributed by atoms with van der Waals surface area (Å²) in [5.74, 6) is 6.79. The third-order valence-corrected chi connectivity index (χ3v) is 3.08. The highest BCUT2D eigenvalue weighted by molar-refractivity contribution is 8.76. The molecule has 0 saturated carbocycles. The summed E-state index contributed by atoms with van der Waals surface area (Å²) in [5.41, 5.74) is 5.24. The highest BCUT2D eigenvalue weighted by atomic mass is 33.1. The van der Waals surface area contributed by atoms with E-state index in [9.17, 15) is 0 Å². The summed E-state index contributed by atoms with van der Waals surface area (Å²) in [5, 5.41) is 0. The van der Waals surface area contributed by atoms with Crippen LogP contribution in [-0.4, -0.2) is 24.7 Å². The minimum Gasteiger partial charge on any atom is -0.330 e. The van der Waals surface area contributed by atoms with Crippen molar-refractivity contribution < 1.29 is 4.84 Å². The molecule has 0 unspecified atom stereocenters. The second-order valence-corrected chi connectivity index (χ2v) is 4.34. The number of hydrogen-bond acceptors (Lipinski definition) is 5. The minimum absolute atomic E-state index is 0. The number of nitrogens with two attached hydrogens (primary N) is 2. The summed E-state index contributed by atoms with van der Waals surface area (Å²) >= 11 is 0. The maximum Gasteiger partial charge on any atom is 0.0651 e. The molecule has 0 aliphatic rings. The van der Waals surface area contributed by atoms with Crippen LogP contribution in [0.4, 0.5) is 0 Å². The van der Waals surface area contributed by atoms with Crippen molar-refractivity contribution in [3.05, 3.63) is 0 Å². The average molecular weight is 230 g/mol. The molecule has 86 valence electrons. The van der Waals surface area contributed by atoms with Crippen molar-refractivity contribution in [2.45, 2.75) is 28.7 Å². The van der Waals surface area contributed by atoms with Crippen LogP contribution < -0.4 is 11.6 Å². The van der Waals surface area contributed by atoms with E-state index in [0.29, 0.717) is 6.61 Å². The van der Waals surface area contributed by atoms with Crippen LogP contribution in [0.3, 0.4) is 0 Å². The van der Waals surface area contributed by atoms with Crippen LogP contribution in [0.1, 0.15) is 28.7 Å². The van der Waals surface area contributed by atoms with Crippen molar-refractivity contribution in [1.29, 1.82) is 0 Å². The molecular weight excluding hydrogens is 204 g/mol. The summed E-state index contributed by atoms with van der Waals surface area (Å²) in [4.78, 5) is 4.04. The van der Waals surface area contributed by atoms with Gasteiger partial charge in [-0.15, -0.1) is 0 Å². The molecule has 0 aromatic heterocycles. The van der Waals surface area contributed by atoms with E-state index in [0.717, 1.165) is 12.3 Å². The monoisotopic (exact) mass is 230 g/mol. The Balaban J connectivity index is -0.0000000600. The van der Waals surface area contributed by atoms with Crippen LogP contribution in [0.5, 0.6) is 0 Å². The molecule has 0 aliphatic heterocycles. The molecule has 0 atom stereocenters. The first-order valence-electron chi connectivity index (χ1n) is 3.59. The molecule has 0 aromatic rings. The van der Waals surface area contributed by atoms with Gasteiger partial charge in [-0.3, -0.25) is 0 Å². The Bertz CT molecular complexity index is 53.4. The zero-order valence-corrected chi connectivity index (χ0v) is 8.84. The van der Waals surface area contributed by atoms with E-state index in [4.69, 9.17) is 5.73 Å². The molecule has 0 aromatic carbocycles. The lowest BCUT2D eigenvalue weighted by molar-refractivity contribution is 0.152. The molecule has 13 heavy (non-hydrogen) atoms. The van der Waals surface area contributed by atoms with Gasteiger partial charge in [-0.1, -0.05) is 43.4 Å². The van der Waals surface area contributed by atoms with Crippen LogP contribution in [0.15, 0.2) is 0 Å². The van der Waals surface area contributed by atoms with Gasteiger partial charge in [0, 0.05) is 18.1 Å². The number of hydrogen-bond donors (Lipinski definition) is 2. The van der Waals surface area contributed by atoms with Crippen molar-refractivity contribution in [2.24, 2.45) is 11.6 Å². The molecule has 0 heterocycles. The normalized spacial score (nSPS) is 7.38. The molecule has 3 nitrogen and oxygen atoms in total. The van der Waals surface area contributed by atoms with Crippen LogP contribution in [0.2, 0.25) is 0 Å². The molecule has 0 rings (SSSR count). The first-order valence-corrected chi connectivity index (χ1v) is 6.08. The third kappa shape index (κ3) is 45.2. The smallest absolute Gasteiger partial charge is 0.0651 e. The fourth-order valence-corrected chi connectivity index (χ4v) is 1.71. The fraction of sp³-hybridized carbons (Fsp3) is 1.00. The summed E-state index contributed by atoms with van der Waals surface area (Å²) in [6, 6.07) is 0. The second-order valence-electron chi connectivity index (χ2n) is 1.47. The van der Waals surface area contributed by atoms with Gasteiger partial charge in [0.25, 0.3) is 0 Å². The summed E-state index contributed by atoms with van der Waals surface area (Å²) < 4.78 is 0. The maximum atomic E-state index is 5.24. The Morgan fingerprint density at radius 2 is 1.62 bits per heavy atom. The van der Waals surface area contributed by atoms with E-state index in [1.807, 2.05) is 28.5 Å². The van der Waals surface area contributed by atoms with Crippen LogP contribution in [0, 0.1) is 0 Å².